The third-order valence-corrected chi connectivity index (χ3v) is 5.25. The number of nitriles is 1. The molecule has 2 aromatic rings. The number of nitrogens with zero attached hydrogens (tertiary/aromatic N) is 2. The van der Waals surface area contributed by atoms with E-state index in [2.05, 4.69) is 5.32 Å². The number of amides is 2. The SMILES string of the molecule is CC(=O)NC(CC(=O)OCC(=O)N(CCC#N)c1ccc(Cl)c(C)c1)c1ccc(Cl)cc1. The van der Waals surface area contributed by atoms with Gasteiger partial charge in [-0.25, -0.2) is 0 Å². The standard InChI is InChI=1S/C23H23Cl2N3O4/c1-15-12-19(8-9-20(15)25)28(11-3-10-26)22(30)14-32-23(31)13-21(27-16(2)29)17-4-6-18(24)7-5-17/h4-9,12,21H,3,11,13-14H2,1-2H3,(H,27,29). The van der Waals surface area contributed by atoms with Crippen molar-refractivity contribution in [1.82, 2.24) is 5.32 Å². The molecule has 1 atom stereocenters. The lowest BCUT2D eigenvalue weighted by atomic mass is 10.0. The molecular weight excluding hydrogens is 453 g/mol. The van der Waals surface area contributed by atoms with E-state index < -0.39 is 24.5 Å². The molecule has 0 aromatic heterocycles. The summed E-state index contributed by atoms with van der Waals surface area (Å²) < 4.78 is 5.18. The minimum Gasteiger partial charge on any atom is -0.455 e. The van der Waals surface area contributed by atoms with Crippen LogP contribution in [-0.2, 0) is 19.1 Å². The maximum absolute atomic E-state index is 12.7. The highest BCUT2D eigenvalue weighted by atomic mass is 35.5. The average molecular weight is 476 g/mol. The van der Waals surface area contributed by atoms with Crippen LogP contribution in [-0.4, -0.2) is 30.9 Å². The number of carbonyl (C=O) groups is 3. The Morgan fingerprint density at radius 3 is 2.44 bits per heavy atom. The summed E-state index contributed by atoms with van der Waals surface area (Å²) >= 11 is 12.0. The fraction of sp³-hybridized carbons (Fsp3) is 0.304. The number of esters is 1. The predicted molar refractivity (Wildman–Crippen MR) is 122 cm³/mol. The van der Waals surface area contributed by atoms with Crippen molar-refractivity contribution in [2.45, 2.75) is 32.7 Å². The second kappa shape index (κ2) is 12.1. The van der Waals surface area contributed by atoms with Crippen LogP contribution in [0, 0.1) is 18.3 Å². The Bertz CT molecular complexity index is 1020. The molecule has 2 aromatic carbocycles. The smallest absolute Gasteiger partial charge is 0.308 e. The fourth-order valence-electron chi connectivity index (χ4n) is 2.99. The van der Waals surface area contributed by atoms with E-state index in [1.54, 1.807) is 49.4 Å². The summed E-state index contributed by atoms with van der Waals surface area (Å²) in [6.07, 6.45) is -0.0464. The third-order valence-electron chi connectivity index (χ3n) is 4.58. The highest BCUT2D eigenvalue weighted by Crippen LogP contribution is 2.23. The quantitative estimate of drug-likeness (QED) is 0.543. The summed E-state index contributed by atoms with van der Waals surface area (Å²) in [6, 6.07) is 13.1. The van der Waals surface area contributed by atoms with Crippen LogP contribution in [0.15, 0.2) is 42.5 Å². The van der Waals surface area contributed by atoms with Crippen molar-refractivity contribution in [2.75, 3.05) is 18.1 Å². The van der Waals surface area contributed by atoms with Gasteiger partial charge >= 0.3 is 5.97 Å². The topological polar surface area (TPSA) is 99.5 Å². The fourth-order valence-corrected chi connectivity index (χ4v) is 3.24. The Kier molecular flexibility index (Phi) is 9.51. The minimum atomic E-state index is -0.653. The zero-order chi connectivity index (χ0) is 23.7. The summed E-state index contributed by atoms with van der Waals surface area (Å²) in [5.74, 6) is -1.44. The van der Waals surface area contributed by atoms with Crippen molar-refractivity contribution in [3.8, 4) is 6.07 Å². The van der Waals surface area contributed by atoms with E-state index in [0.29, 0.717) is 21.3 Å². The highest BCUT2D eigenvalue weighted by molar-refractivity contribution is 6.31. The number of aryl methyl sites for hydroxylation is 1. The van der Waals surface area contributed by atoms with Crippen LogP contribution < -0.4 is 10.2 Å². The predicted octanol–water partition coefficient (Wildman–Crippen LogP) is 4.36. The lowest BCUT2D eigenvalue weighted by Gasteiger charge is -2.23. The Morgan fingerprint density at radius 1 is 1.16 bits per heavy atom. The maximum atomic E-state index is 12.7. The van der Waals surface area contributed by atoms with E-state index in [1.807, 2.05) is 6.07 Å². The molecule has 32 heavy (non-hydrogen) atoms. The molecule has 7 nitrogen and oxygen atoms in total. The first-order chi connectivity index (χ1) is 15.2. The molecule has 2 rings (SSSR count). The van der Waals surface area contributed by atoms with E-state index in [1.165, 1.54) is 11.8 Å². The van der Waals surface area contributed by atoms with Crippen LogP contribution in [0.1, 0.15) is 36.9 Å². The van der Waals surface area contributed by atoms with Gasteiger partial charge in [-0.05, 0) is 48.4 Å². The van der Waals surface area contributed by atoms with Gasteiger partial charge in [0.15, 0.2) is 6.61 Å². The largest absolute Gasteiger partial charge is 0.455 e. The molecule has 2 amide bonds. The molecule has 0 bridgehead atoms. The zero-order valence-electron chi connectivity index (χ0n) is 17.7. The Hall–Kier alpha value is -3.08. The molecule has 0 spiro atoms. The molecule has 0 saturated heterocycles. The van der Waals surface area contributed by atoms with E-state index >= 15 is 0 Å². The van der Waals surface area contributed by atoms with Gasteiger partial charge in [-0.1, -0.05) is 35.3 Å². The molecule has 0 radical (unpaired) electrons. The van der Waals surface area contributed by atoms with E-state index in [9.17, 15) is 14.4 Å². The highest BCUT2D eigenvalue weighted by Gasteiger charge is 2.21. The number of hydrogen-bond donors (Lipinski definition) is 1. The molecule has 0 aliphatic carbocycles. The van der Waals surface area contributed by atoms with E-state index in [0.717, 1.165) is 5.56 Å². The van der Waals surface area contributed by atoms with Crippen molar-refractivity contribution in [2.24, 2.45) is 0 Å². The third kappa shape index (κ3) is 7.56. The summed E-state index contributed by atoms with van der Waals surface area (Å²) in [5.41, 5.74) is 2.01. The van der Waals surface area contributed by atoms with Gasteiger partial charge in [0.1, 0.15) is 0 Å². The molecule has 0 heterocycles. The van der Waals surface area contributed by atoms with Crippen molar-refractivity contribution < 1.29 is 19.1 Å². The summed E-state index contributed by atoms with van der Waals surface area (Å²) in [6.45, 7) is 2.79. The van der Waals surface area contributed by atoms with Gasteiger partial charge in [0.2, 0.25) is 5.91 Å². The van der Waals surface area contributed by atoms with Gasteiger partial charge in [-0.15, -0.1) is 0 Å². The number of nitrogens with one attached hydrogen (secondary N) is 1. The number of anilines is 1. The maximum Gasteiger partial charge on any atom is 0.308 e. The average Bonchev–Trinajstić information content (AvgIpc) is 2.74. The van der Waals surface area contributed by atoms with Gasteiger partial charge in [-0.3, -0.25) is 14.4 Å². The van der Waals surface area contributed by atoms with Gasteiger partial charge in [0.25, 0.3) is 5.91 Å². The van der Waals surface area contributed by atoms with Gasteiger partial charge in [0.05, 0.1) is 25.0 Å². The van der Waals surface area contributed by atoms with Crippen molar-refractivity contribution in [3.05, 3.63) is 63.6 Å². The van der Waals surface area contributed by atoms with Crippen LogP contribution in [0.3, 0.4) is 0 Å². The second-order valence-electron chi connectivity index (χ2n) is 7.06. The van der Waals surface area contributed by atoms with E-state index in [-0.39, 0.29) is 25.3 Å². The van der Waals surface area contributed by atoms with Gasteiger partial charge in [0, 0.05) is 29.2 Å². The number of halogens is 2. The molecule has 0 aliphatic heterocycles. The zero-order valence-corrected chi connectivity index (χ0v) is 19.2. The number of rotatable bonds is 9. The second-order valence-corrected chi connectivity index (χ2v) is 7.90. The van der Waals surface area contributed by atoms with E-state index in [4.69, 9.17) is 33.2 Å². The molecule has 0 fully saturated rings. The first-order valence-corrected chi connectivity index (χ1v) is 10.6. The summed E-state index contributed by atoms with van der Waals surface area (Å²) in [5, 5.41) is 12.7. The lowest BCUT2D eigenvalue weighted by molar-refractivity contribution is -0.148. The van der Waals surface area contributed by atoms with Crippen LogP contribution >= 0.6 is 23.2 Å². The van der Waals surface area contributed by atoms with Crippen LogP contribution in [0.4, 0.5) is 5.69 Å². The molecule has 168 valence electrons. The molecule has 1 unspecified atom stereocenters. The first-order valence-electron chi connectivity index (χ1n) is 9.83. The number of ether oxygens (including phenoxy) is 1. The number of hydrogen-bond acceptors (Lipinski definition) is 5. The van der Waals surface area contributed by atoms with Gasteiger partial charge < -0.3 is 15.0 Å². The number of benzene rings is 2. The summed E-state index contributed by atoms with van der Waals surface area (Å²) in [7, 11) is 0. The molecule has 9 heteroatoms. The Balaban J connectivity index is 2.06. The Morgan fingerprint density at radius 2 is 1.84 bits per heavy atom. The lowest BCUT2D eigenvalue weighted by Crippen LogP contribution is -2.36. The normalized spacial score (nSPS) is 11.2. The molecule has 0 aliphatic rings. The minimum absolute atomic E-state index is 0.114. The Labute approximate surface area is 196 Å². The molecular formula is C23H23Cl2N3O4. The molecule has 0 saturated carbocycles. The van der Waals surface area contributed by atoms with Crippen molar-refractivity contribution >= 4 is 46.7 Å². The van der Waals surface area contributed by atoms with Crippen molar-refractivity contribution in [1.29, 1.82) is 5.26 Å². The van der Waals surface area contributed by atoms with Crippen LogP contribution in [0.2, 0.25) is 10.0 Å². The molecule has 1 N–H and O–H groups in total. The van der Waals surface area contributed by atoms with Crippen LogP contribution in [0.5, 0.6) is 0 Å². The van der Waals surface area contributed by atoms with Crippen LogP contribution in [0.25, 0.3) is 0 Å². The van der Waals surface area contributed by atoms with Gasteiger partial charge in [-0.2, -0.15) is 5.26 Å². The summed E-state index contributed by atoms with van der Waals surface area (Å²) in [4.78, 5) is 38.1. The monoisotopic (exact) mass is 475 g/mol. The number of carbonyl (C=O) groups excluding carboxylic acids is 3. The van der Waals surface area contributed by atoms with Crippen molar-refractivity contribution in [3.63, 3.8) is 0 Å². The first kappa shape index (κ1) is 25.2.